The molecule has 0 fully saturated rings. The Hall–Kier alpha value is -1.07. The van der Waals surface area contributed by atoms with Gasteiger partial charge in [0.05, 0.1) is 11.4 Å². The highest BCUT2D eigenvalue weighted by molar-refractivity contribution is 7.92. The molecule has 5 heteroatoms. The van der Waals surface area contributed by atoms with E-state index in [0.717, 1.165) is 36.3 Å². The summed E-state index contributed by atoms with van der Waals surface area (Å²) in [7, 11) is -1.60. The van der Waals surface area contributed by atoms with Gasteiger partial charge in [-0.05, 0) is 63.0 Å². The first-order valence-electron chi connectivity index (χ1n) is 7.12. The molecule has 1 rings (SSSR count). The Balaban J connectivity index is 2.66. The molecule has 0 aliphatic rings. The van der Waals surface area contributed by atoms with E-state index in [-0.39, 0.29) is 5.75 Å². The Morgan fingerprint density at radius 2 is 1.70 bits per heavy atom. The fraction of sp³-hybridized carbons (Fsp3) is 0.600. The Kier molecular flexibility index (Phi) is 6.49. The van der Waals surface area contributed by atoms with Crippen molar-refractivity contribution in [3.8, 4) is 0 Å². The van der Waals surface area contributed by atoms with Gasteiger partial charge in [0.25, 0.3) is 0 Å². The fourth-order valence-corrected chi connectivity index (χ4v) is 3.41. The van der Waals surface area contributed by atoms with Crippen molar-refractivity contribution in [1.82, 2.24) is 5.32 Å². The van der Waals surface area contributed by atoms with E-state index >= 15 is 0 Å². The second kappa shape index (κ2) is 7.64. The molecule has 1 N–H and O–H groups in total. The van der Waals surface area contributed by atoms with Crippen LogP contribution in [0.3, 0.4) is 0 Å². The molecule has 0 saturated heterocycles. The molecule has 0 amide bonds. The van der Waals surface area contributed by atoms with Crippen molar-refractivity contribution in [3.63, 3.8) is 0 Å². The monoisotopic (exact) mass is 298 g/mol. The number of nitrogens with one attached hydrogen (secondary N) is 1. The molecule has 0 radical (unpaired) electrons. The summed E-state index contributed by atoms with van der Waals surface area (Å²) >= 11 is 0. The van der Waals surface area contributed by atoms with Crippen LogP contribution in [0.5, 0.6) is 0 Å². The van der Waals surface area contributed by atoms with Gasteiger partial charge in [0.2, 0.25) is 10.0 Å². The standard InChI is InChI=1S/C15H26N2O2S/c1-5-16-8-6-7-9-20(18,19)17(4)15-11-13(2)10-14(3)12-15/h10-12,16H,5-9H2,1-4H3. The molecule has 0 aromatic heterocycles. The van der Waals surface area contributed by atoms with Crippen molar-refractivity contribution >= 4 is 15.7 Å². The number of unbranched alkanes of at least 4 members (excludes halogenated alkanes) is 1. The molecule has 0 bridgehead atoms. The normalized spacial score (nSPS) is 11.6. The Morgan fingerprint density at radius 3 is 2.25 bits per heavy atom. The Morgan fingerprint density at radius 1 is 1.10 bits per heavy atom. The first-order valence-corrected chi connectivity index (χ1v) is 8.73. The van der Waals surface area contributed by atoms with E-state index in [0.29, 0.717) is 6.42 Å². The summed E-state index contributed by atoms with van der Waals surface area (Å²) in [5.74, 6) is 0.196. The molecule has 1 aromatic rings. The van der Waals surface area contributed by atoms with Crippen molar-refractivity contribution < 1.29 is 8.42 Å². The van der Waals surface area contributed by atoms with Gasteiger partial charge >= 0.3 is 0 Å². The van der Waals surface area contributed by atoms with E-state index in [1.807, 2.05) is 39.0 Å². The topological polar surface area (TPSA) is 49.4 Å². The molecule has 0 saturated carbocycles. The summed E-state index contributed by atoms with van der Waals surface area (Å²) in [5, 5.41) is 3.20. The Bertz CT molecular complexity index is 506. The maximum absolute atomic E-state index is 12.3. The van der Waals surface area contributed by atoms with Crippen LogP contribution < -0.4 is 9.62 Å². The fourth-order valence-electron chi connectivity index (χ4n) is 2.14. The van der Waals surface area contributed by atoms with Crippen LogP contribution >= 0.6 is 0 Å². The Labute approximate surface area is 123 Å². The predicted octanol–water partition coefficient (Wildman–Crippen LogP) is 2.46. The number of nitrogens with zero attached hydrogens (tertiary/aromatic N) is 1. The number of aryl methyl sites for hydroxylation is 2. The quantitative estimate of drug-likeness (QED) is 0.750. The van der Waals surface area contributed by atoms with Gasteiger partial charge in [-0.25, -0.2) is 8.42 Å². The van der Waals surface area contributed by atoms with Gasteiger partial charge in [-0.3, -0.25) is 4.31 Å². The van der Waals surface area contributed by atoms with Gasteiger partial charge in [-0.2, -0.15) is 0 Å². The van der Waals surface area contributed by atoms with E-state index in [2.05, 4.69) is 5.32 Å². The molecule has 4 nitrogen and oxygen atoms in total. The number of anilines is 1. The third-order valence-corrected chi connectivity index (χ3v) is 5.09. The summed E-state index contributed by atoms with van der Waals surface area (Å²) in [6.45, 7) is 7.81. The van der Waals surface area contributed by atoms with E-state index in [4.69, 9.17) is 0 Å². The van der Waals surface area contributed by atoms with Crippen LogP contribution in [0.25, 0.3) is 0 Å². The molecule has 0 aliphatic heterocycles. The van der Waals surface area contributed by atoms with E-state index < -0.39 is 10.0 Å². The number of benzene rings is 1. The van der Waals surface area contributed by atoms with Crippen molar-refractivity contribution in [2.24, 2.45) is 0 Å². The summed E-state index contributed by atoms with van der Waals surface area (Å²) in [5.41, 5.74) is 2.90. The summed E-state index contributed by atoms with van der Waals surface area (Å²) in [6.07, 6.45) is 1.57. The van der Waals surface area contributed by atoms with Crippen molar-refractivity contribution in [1.29, 1.82) is 0 Å². The smallest absolute Gasteiger partial charge is 0.234 e. The lowest BCUT2D eigenvalue weighted by atomic mass is 10.1. The van der Waals surface area contributed by atoms with Crippen LogP contribution in [-0.4, -0.2) is 34.3 Å². The average molecular weight is 298 g/mol. The number of hydrogen-bond donors (Lipinski definition) is 1. The average Bonchev–Trinajstić information content (AvgIpc) is 2.36. The largest absolute Gasteiger partial charge is 0.317 e. The van der Waals surface area contributed by atoms with Crippen LogP contribution in [0.1, 0.15) is 30.9 Å². The minimum Gasteiger partial charge on any atom is -0.317 e. The van der Waals surface area contributed by atoms with Crippen LogP contribution in [0, 0.1) is 13.8 Å². The number of sulfonamides is 1. The zero-order valence-electron chi connectivity index (χ0n) is 12.9. The van der Waals surface area contributed by atoms with Crippen LogP contribution in [0.2, 0.25) is 0 Å². The van der Waals surface area contributed by atoms with Crippen molar-refractivity contribution in [2.45, 2.75) is 33.6 Å². The number of hydrogen-bond acceptors (Lipinski definition) is 3. The first-order chi connectivity index (χ1) is 9.36. The molecule has 20 heavy (non-hydrogen) atoms. The third kappa shape index (κ3) is 5.13. The molecule has 0 aliphatic carbocycles. The molecular formula is C15H26N2O2S. The van der Waals surface area contributed by atoms with Crippen LogP contribution in [0.15, 0.2) is 18.2 Å². The van der Waals surface area contributed by atoms with Gasteiger partial charge < -0.3 is 5.32 Å². The van der Waals surface area contributed by atoms with E-state index in [1.165, 1.54) is 4.31 Å². The maximum atomic E-state index is 12.3. The second-order valence-corrected chi connectivity index (χ2v) is 7.31. The van der Waals surface area contributed by atoms with Gasteiger partial charge in [-0.15, -0.1) is 0 Å². The van der Waals surface area contributed by atoms with Gasteiger partial charge in [0.15, 0.2) is 0 Å². The van der Waals surface area contributed by atoms with Crippen molar-refractivity contribution in [3.05, 3.63) is 29.3 Å². The van der Waals surface area contributed by atoms with Gasteiger partial charge in [-0.1, -0.05) is 13.0 Å². The van der Waals surface area contributed by atoms with Crippen LogP contribution in [0.4, 0.5) is 5.69 Å². The third-order valence-electron chi connectivity index (χ3n) is 3.24. The minimum atomic E-state index is -3.23. The molecule has 0 spiro atoms. The molecule has 0 unspecified atom stereocenters. The predicted molar refractivity (Wildman–Crippen MR) is 85.9 cm³/mol. The lowest BCUT2D eigenvalue weighted by Crippen LogP contribution is -2.29. The van der Waals surface area contributed by atoms with Gasteiger partial charge in [0, 0.05) is 7.05 Å². The molecule has 0 atom stereocenters. The number of rotatable bonds is 8. The van der Waals surface area contributed by atoms with E-state index in [9.17, 15) is 8.42 Å². The zero-order chi connectivity index (χ0) is 15.2. The highest BCUT2D eigenvalue weighted by Crippen LogP contribution is 2.20. The molecular weight excluding hydrogens is 272 g/mol. The van der Waals surface area contributed by atoms with Crippen LogP contribution in [-0.2, 0) is 10.0 Å². The molecule has 114 valence electrons. The van der Waals surface area contributed by atoms with Crippen molar-refractivity contribution in [2.75, 3.05) is 30.2 Å². The summed E-state index contributed by atoms with van der Waals surface area (Å²) < 4.78 is 26.0. The minimum absolute atomic E-state index is 0.196. The summed E-state index contributed by atoms with van der Waals surface area (Å²) in [4.78, 5) is 0. The lowest BCUT2D eigenvalue weighted by molar-refractivity contribution is 0.586. The lowest BCUT2D eigenvalue weighted by Gasteiger charge is -2.20. The first kappa shape index (κ1) is 17.0. The maximum Gasteiger partial charge on any atom is 0.234 e. The summed E-state index contributed by atoms with van der Waals surface area (Å²) in [6, 6.07) is 5.85. The SMILES string of the molecule is CCNCCCCS(=O)(=O)N(C)c1cc(C)cc(C)c1. The highest BCUT2D eigenvalue weighted by atomic mass is 32.2. The highest BCUT2D eigenvalue weighted by Gasteiger charge is 2.18. The molecule has 0 heterocycles. The second-order valence-electron chi connectivity index (χ2n) is 5.19. The molecule has 1 aromatic carbocycles. The van der Waals surface area contributed by atoms with Gasteiger partial charge in [0.1, 0.15) is 0 Å². The van der Waals surface area contributed by atoms with E-state index in [1.54, 1.807) is 7.05 Å². The zero-order valence-corrected chi connectivity index (χ0v) is 13.8.